The molecule has 2 nitrogen and oxygen atoms in total. The molecular formula is C17H29NO. The molecule has 0 aliphatic heterocycles. The van der Waals surface area contributed by atoms with Gasteiger partial charge in [-0.2, -0.15) is 0 Å². The number of phenols is 1. The maximum absolute atomic E-state index is 9.34. The Labute approximate surface area is 118 Å². The van der Waals surface area contributed by atoms with E-state index in [4.69, 9.17) is 0 Å². The minimum atomic E-state index is 0.226. The van der Waals surface area contributed by atoms with Gasteiger partial charge in [0, 0.05) is 12.6 Å². The first-order chi connectivity index (χ1) is 8.51. The normalized spacial score (nSPS) is 13.3. The van der Waals surface area contributed by atoms with Crippen LogP contribution < -0.4 is 0 Å². The standard InChI is InChI=1S/C17H29NO/c1-16(2,3)15(17(4,5)6)18(7)12-13-8-10-14(19)11-9-13/h8-11,15,19H,12H2,1-7H3. The van der Waals surface area contributed by atoms with Crippen LogP contribution in [-0.2, 0) is 6.54 Å². The van der Waals surface area contributed by atoms with Gasteiger partial charge in [-0.05, 0) is 35.6 Å². The molecule has 0 aliphatic carbocycles. The number of hydrogen-bond acceptors (Lipinski definition) is 2. The highest BCUT2D eigenvalue weighted by molar-refractivity contribution is 5.25. The van der Waals surface area contributed by atoms with E-state index in [2.05, 4.69) is 53.5 Å². The van der Waals surface area contributed by atoms with Crippen molar-refractivity contribution in [2.75, 3.05) is 7.05 Å². The average Bonchev–Trinajstić information content (AvgIpc) is 2.16. The monoisotopic (exact) mass is 263 g/mol. The lowest BCUT2D eigenvalue weighted by Gasteiger charge is -2.46. The Bertz CT molecular complexity index is 381. The lowest BCUT2D eigenvalue weighted by Crippen LogP contribution is -2.49. The van der Waals surface area contributed by atoms with Gasteiger partial charge in [0.25, 0.3) is 0 Å². The van der Waals surface area contributed by atoms with Crippen LogP contribution in [-0.4, -0.2) is 23.1 Å². The number of rotatable bonds is 3. The Morgan fingerprint density at radius 3 is 1.74 bits per heavy atom. The van der Waals surface area contributed by atoms with E-state index in [9.17, 15) is 5.11 Å². The summed E-state index contributed by atoms with van der Waals surface area (Å²) in [6.45, 7) is 14.7. The fourth-order valence-corrected chi connectivity index (χ4v) is 3.60. The van der Waals surface area contributed by atoms with Gasteiger partial charge in [0.05, 0.1) is 0 Å². The van der Waals surface area contributed by atoms with Gasteiger partial charge in [-0.1, -0.05) is 53.7 Å². The van der Waals surface area contributed by atoms with Crippen LogP contribution in [0.25, 0.3) is 0 Å². The van der Waals surface area contributed by atoms with Crippen LogP contribution in [0.2, 0.25) is 0 Å². The van der Waals surface area contributed by atoms with Crippen LogP contribution in [0.3, 0.4) is 0 Å². The zero-order valence-corrected chi connectivity index (χ0v) is 13.5. The molecule has 0 saturated carbocycles. The van der Waals surface area contributed by atoms with Crippen molar-refractivity contribution in [3.05, 3.63) is 29.8 Å². The molecule has 0 spiro atoms. The smallest absolute Gasteiger partial charge is 0.115 e. The number of hydrogen-bond donors (Lipinski definition) is 1. The highest BCUT2D eigenvalue weighted by Crippen LogP contribution is 2.37. The molecule has 0 saturated heterocycles. The molecule has 0 fully saturated rings. The first-order valence-electron chi connectivity index (χ1n) is 7.00. The van der Waals surface area contributed by atoms with Crippen LogP contribution in [0.1, 0.15) is 47.1 Å². The molecule has 108 valence electrons. The highest BCUT2D eigenvalue weighted by Gasteiger charge is 2.37. The first kappa shape index (κ1) is 16.0. The zero-order valence-electron chi connectivity index (χ0n) is 13.5. The van der Waals surface area contributed by atoms with E-state index in [1.165, 1.54) is 5.56 Å². The fraction of sp³-hybridized carbons (Fsp3) is 0.647. The van der Waals surface area contributed by atoms with E-state index >= 15 is 0 Å². The maximum Gasteiger partial charge on any atom is 0.115 e. The third-order valence-electron chi connectivity index (χ3n) is 3.45. The molecule has 2 heteroatoms. The Kier molecular flexibility index (Phi) is 4.67. The summed E-state index contributed by atoms with van der Waals surface area (Å²) in [5.74, 6) is 0.328. The van der Waals surface area contributed by atoms with Gasteiger partial charge in [0.2, 0.25) is 0 Å². The van der Waals surface area contributed by atoms with Crippen LogP contribution in [0.5, 0.6) is 5.75 Å². The lowest BCUT2D eigenvalue weighted by molar-refractivity contribution is 0.0298. The Balaban J connectivity index is 2.89. The summed E-state index contributed by atoms with van der Waals surface area (Å²) >= 11 is 0. The van der Waals surface area contributed by atoms with Crippen LogP contribution in [0.15, 0.2) is 24.3 Å². The Hall–Kier alpha value is -1.02. The molecule has 0 atom stereocenters. The molecule has 0 aliphatic rings. The average molecular weight is 263 g/mol. The Morgan fingerprint density at radius 1 is 0.947 bits per heavy atom. The summed E-state index contributed by atoms with van der Waals surface area (Å²) in [6.07, 6.45) is 0. The molecule has 1 aromatic rings. The number of benzene rings is 1. The van der Waals surface area contributed by atoms with E-state index in [0.717, 1.165) is 6.54 Å². The molecular weight excluding hydrogens is 234 g/mol. The topological polar surface area (TPSA) is 23.5 Å². The summed E-state index contributed by atoms with van der Waals surface area (Å²) in [7, 11) is 2.19. The van der Waals surface area contributed by atoms with Crippen LogP contribution in [0, 0.1) is 10.8 Å². The van der Waals surface area contributed by atoms with Crippen molar-refractivity contribution in [1.82, 2.24) is 4.90 Å². The van der Waals surface area contributed by atoms with E-state index < -0.39 is 0 Å². The molecule has 1 rings (SSSR count). The Morgan fingerprint density at radius 2 is 1.37 bits per heavy atom. The molecule has 0 bridgehead atoms. The maximum atomic E-state index is 9.34. The second-order valence-corrected chi connectivity index (χ2v) is 7.72. The van der Waals surface area contributed by atoms with Gasteiger partial charge in [0.15, 0.2) is 0 Å². The van der Waals surface area contributed by atoms with Crippen molar-refractivity contribution in [3.63, 3.8) is 0 Å². The van der Waals surface area contributed by atoms with Crippen LogP contribution in [0.4, 0.5) is 0 Å². The summed E-state index contributed by atoms with van der Waals surface area (Å²) < 4.78 is 0. The largest absolute Gasteiger partial charge is 0.508 e. The van der Waals surface area contributed by atoms with Crippen LogP contribution >= 0.6 is 0 Å². The van der Waals surface area contributed by atoms with Gasteiger partial charge >= 0.3 is 0 Å². The van der Waals surface area contributed by atoms with Crippen molar-refractivity contribution >= 4 is 0 Å². The van der Waals surface area contributed by atoms with Gasteiger partial charge in [-0.3, -0.25) is 4.90 Å². The second kappa shape index (κ2) is 5.54. The van der Waals surface area contributed by atoms with Gasteiger partial charge in [-0.15, -0.1) is 0 Å². The first-order valence-corrected chi connectivity index (χ1v) is 7.00. The predicted molar refractivity (Wildman–Crippen MR) is 82.3 cm³/mol. The van der Waals surface area contributed by atoms with Gasteiger partial charge in [0.1, 0.15) is 5.75 Å². The summed E-state index contributed by atoms with van der Waals surface area (Å²) in [4.78, 5) is 2.42. The molecule has 0 aromatic heterocycles. The molecule has 19 heavy (non-hydrogen) atoms. The van der Waals surface area contributed by atoms with Crippen molar-refractivity contribution in [2.24, 2.45) is 10.8 Å². The van der Waals surface area contributed by atoms with E-state index in [1.54, 1.807) is 12.1 Å². The molecule has 0 unspecified atom stereocenters. The summed E-state index contributed by atoms with van der Waals surface area (Å²) in [5, 5.41) is 9.34. The molecule has 0 amide bonds. The van der Waals surface area contributed by atoms with E-state index in [0.29, 0.717) is 11.8 Å². The van der Waals surface area contributed by atoms with E-state index in [1.807, 2.05) is 12.1 Å². The number of aromatic hydroxyl groups is 1. The summed E-state index contributed by atoms with van der Waals surface area (Å²) in [5.41, 5.74) is 1.69. The lowest BCUT2D eigenvalue weighted by atomic mass is 9.71. The van der Waals surface area contributed by atoms with Crippen molar-refractivity contribution in [2.45, 2.75) is 54.1 Å². The molecule has 0 heterocycles. The quantitative estimate of drug-likeness (QED) is 0.879. The number of phenolic OH excluding ortho intramolecular Hbond substituents is 1. The van der Waals surface area contributed by atoms with Gasteiger partial charge in [-0.25, -0.2) is 0 Å². The van der Waals surface area contributed by atoms with Gasteiger partial charge < -0.3 is 5.11 Å². The van der Waals surface area contributed by atoms with E-state index in [-0.39, 0.29) is 10.8 Å². The zero-order chi connectivity index (χ0) is 14.8. The minimum absolute atomic E-state index is 0.226. The predicted octanol–water partition coefficient (Wildman–Crippen LogP) is 4.28. The summed E-state index contributed by atoms with van der Waals surface area (Å²) in [6, 6.07) is 7.98. The van der Waals surface area contributed by atoms with Crippen molar-refractivity contribution in [3.8, 4) is 5.75 Å². The second-order valence-electron chi connectivity index (χ2n) is 7.72. The molecule has 1 N–H and O–H groups in total. The van der Waals surface area contributed by atoms with Crippen molar-refractivity contribution in [1.29, 1.82) is 0 Å². The third kappa shape index (κ3) is 4.54. The fourth-order valence-electron chi connectivity index (χ4n) is 3.60. The molecule has 1 aromatic carbocycles. The number of nitrogens with zero attached hydrogens (tertiary/aromatic N) is 1. The molecule has 0 radical (unpaired) electrons. The van der Waals surface area contributed by atoms with Crippen molar-refractivity contribution < 1.29 is 5.11 Å². The minimum Gasteiger partial charge on any atom is -0.508 e. The SMILES string of the molecule is CN(Cc1ccc(O)cc1)C(C(C)(C)C)C(C)(C)C. The highest BCUT2D eigenvalue weighted by atomic mass is 16.3. The third-order valence-corrected chi connectivity index (χ3v) is 3.45.